The number of unbranched alkanes of at least 4 members (excludes halogenated alkanes) is 1. The van der Waals surface area contributed by atoms with Crippen LogP contribution in [0.3, 0.4) is 0 Å². The topological polar surface area (TPSA) is 105 Å². The molecular weight excluding hydrogens is 521 g/mol. The molecule has 2 fully saturated rings. The summed E-state index contributed by atoms with van der Waals surface area (Å²) < 4.78 is 16.7. The van der Waals surface area contributed by atoms with Gasteiger partial charge in [0.15, 0.2) is 0 Å². The molecule has 0 bridgehead atoms. The average Bonchev–Trinajstić information content (AvgIpc) is 3.60. The average molecular weight is 558 g/mol. The zero-order valence-corrected chi connectivity index (χ0v) is 23.1. The van der Waals surface area contributed by atoms with Crippen LogP contribution in [0.5, 0.6) is 0 Å². The monoisotopic (exact) mass is 557 g/mol. The number of rotatable bonds is 10. The van der Waals surface area contributed by atoms with E-state index in [1.807, 2.05) is 33.7 Å². The summed E-state index contributed by atoms with van der Waals surface area (Å²) in [6.45, 7) is 0.597. The molecule has 2 aliphatic rings. The first kappa shape index (κ1) is 27.5. The van der Waals surface area contributed by atoms with Crippen molar-refractivity contribution in [2.75, 3.05) is 12.3 Å². The molecule has 10 heteroatoms. The Morgan fingerprint density at radius 1 is 1.26 bits per heavy atom. The van der Waals surface area contributed by atoms with Crippen LogP contribution in [0.4, 0.5) is 4.39 Å². The number of amides is 1. The molecule has 3 heterocycles. The molecule has 2 aromatic carbocycles. The highest BCUT2D eigenvalue weighted by Crippen LogP contribution is 2.40. The SMILES string of the molecule is NC(O)c1cccc2cn(-c3ccc(C4CCCC(CNC(=O)CCCCC5CCSS5)N4)cc3F)nc12. The Kier molecular flexibility index (Phi) is 9.27. The van der Waals surface area contributed by atoms with E-state index in [2.05, 4.69) is 15.7 Å². The molecule has 2 saturated heterocycles. The largest absolute Gasteiger partial charge is 0.374 e. The van der Waals surface area contributed by atoms with Gasteiger partial charge in [-0.25, -0.2) is 9.07 Å². The Labute approximate surface area is 230 Å². The quantitative estimate of drug-likeness (QED) is 0.156. The number of carbonyl (C=O) groups excluding carboxylic acids is 1. The molecule has 1 aromatic heterocycles. The number of hydrogen-bond donors (Lipinski definition) is 4. The molecular formula is C28H36FN5O2S2. The minimum atomic E-state index is -1.15. The maximum Gasteiger partial charge on any atom is 0.220 e. The summed E-state index contributed by atoms with van der Waals surface area (Å²) in [5, 5.41) is 22.6. The Bertz CT molecular complexity index is 1250. The smallest absolute Gasteiger partial charge is 0.220 e. The summed E-state index contributed by atoms with van der Waals surface area (Å²) in [6, 6.07) is 10.8. The van der Waals surface area contributed by atoms with Crippen LogP contribution in [0.2, 0.25) is 0 Å². The number of benzene rings is 2. The number of aliphatic hydroxyl groups excluding tert-OH is 1. The lowest BCUT2D eigenvalue weighted by atomic mass is 9.93. The summed E-state index contributed by atoms with van der Waals surface area (Å²) in [4.78, 5) is 12.3. The van der Waals surface area contributed by atoms with Gasteiger partial charge in [-0.05, 0) is 56.2 Å². The van der Waals surface area contributed by atoms with Gasteiger partial charge >= 0.3 is 0 Å². The molecule has 5 rings (SSSR count). The highest BCUT2D eigenvalue weighted by Gasteiger charge is 2.24. The van der Waals surface area contributed by atoms with Crippen LogP contribution >= 0.6 is 21.6 Å². The number of nitrogens with one attached hydrogen (secondary N) is 2. The van der Waals surface area contributed by atoms with Crippen LogP contribution in [0.25, 0.3) is 16.6 Å². The first-order valence-electron chi connectivity index (χ1n) is 13.5. The minimum Gasteiger partial charge on any atom is -0.374 e. The summed E-state index contributed by atoms with van der Waals surface area (Å²) in [5.41, 5.74) is 7.94. The zero-order chi connectivity index (χ0) is 26.5. The van der Waals surface area contributed by atoms with Gasteiger partial charge in [0.1, 0.15) is 17.7 Å². The van der Waals surface area contributed by atoms with E-state index in [0.29, 0.717) is 29.7 Å². The van der Waals surface area contributed by atoms with Gasteiger partial charge in [-0.3, -0.25) is 4.79 Å². The molecule has 38 heavy (non-hydrogen) atoms. The Morgan fingerprint density at radius 2 is 2.16 bits per heavy atom. The van der Waals surface area contributed by atoms with E-state index in [1.54, 1.807) is 30.5 Å². The van der Waals surface area contributed by atoms with Crippen molar-refractivity contribution >= 4 is 38.4 Å². The highest BCUT2D eigenvalue weighted by atomic mass is 33.1. The molecule has 5 N–H and O–H groups in total. The van der Waals surface area contributed by atoms with Gasteiger partial charge in [-0.15, -0.1) is 0 Å². The molecule has 3 aromatic rings. The zero-order valence-electron chi connectivity index (χ0n) is 21.4. The Hall–Kier alpha value is -2.11. The number of nitrogens with two attached hydrogens (primary N) is 1. The molecule has 7 nitrogen and oxygen atoms in total. The first-order valence-corrected chi connectivity index (χ1v) is 15.9. The van der Waals surface area contributed by atoms with Crippen molar-refractivity contribution in [3.05, 3.63) is 59.5 Å². The predicted octanol–water partition coefficient (Wildman–Crippen LogP) is 5.13. The number of aliphatic hydroxyl groups is 1. The molecule has 4 atom stereocenters. The molecule has 4 unspecified atom stereocenters. The molecule has 0 spiro atoms. The number of aromatic nitrogens is 2. The number of fused-ring (bicyclic) bond motifs is 1. The predicted molar refractivity (Wildman–Crippen MR) is 154 cm³/mol. The van der Waals surface area contributed by atoms with E-state index in [-0.39, 0.29) is 23.8 Å². The normalized spacial score (nSPS) is 22.6. The van der Waals surface area contributed by atoms with Gasteiger partial charge in [0, 0.05) is 53.2 Å². The fourth-order valence-corrected chi connectivity index (χ4v) is 8.37. The third-order valence-electron chi connectivity index (χ3n) is 7.44. The van der Waals surface area contributed by atoms with Crippen molar-refractivity contribution in [3.8, 4) is 5.69 Å². The van der Waals surface area contributed by atoms with Gasteiger partial charge in [0.05, 0.1) is 5.52 Å². The van der Waals surface area contributed by atoms with Crippen molar-refractivity contribution in [1.82, 2.24) is 20.4 Å². The molecule has 204 valence electrons. The van der Waals surface area contributed by atoms with Crippen LogP contribution < -0.4 is 16.4 Å². The lowest BCUT2D eigenvalue weighted by Crippen LogP contribution is -2.44. The van der Waals surface area contributed by atoms with Gasteiger partial charge in [0.25, 0.3) is 0 Å². The summed E-state index contributed by atoms with van der Waals surface area (Å²) in [6.07, 6.45) is 8.67. The summed E-state index contributed by atoms with van der Waals surface area (Å²) >= 11 is 0. The molecule has 0 radical (unpaired) electrons. The van der Waals surface area contributed by atoms with Crippen LogP contribution in [-0.2, 0) is 4.79 Å². The minimum absolute atomic E-state index is 0.0340. The van der Waals surface area contributed by atoms with Crippen molar-refractivity contribution in [2.24, 2.45) is 5.73 Å². The van der Waals surface area contributed by atoms with Crippen LogP contribution in [0.1, 0.15) is 74.8 Å². The third kappa shape index (κ3) is 6.71. The highest BCUT2D eigenvalue weighted by molar-refractivity contribution is 8.77. The van der Waals surface area contributed by atoms with Crippen LogP contribution in [-0.4, -0.2) is 44.4 Å². The lowest BCUT2D eigenvalue weighted by Gasteiger charge is -2.31. The second-order valence-corrected chi connectivity index (χ2v) is 13.0. The lowest BCUT2D eigenvalue weighted by molar-refractivity contribution is -0.121. The number of carbonyl (C=O) groups is 1. The van der Waals surface area contributed by atoms with Gasteiger partial charge in [-0.2, -0.15) is 5.10 Å². The molecule has 1 amide bonds. The Morgan fingerprint density at radius 3 is 2.95 bits per heavy atom. The van der Waals surface area contributed by atoms with E-state index in [0.717, 1.165) is 48.3 Å². The van der Waals surface area contributed by atoms with Crippen LogP contribution in [0.15, 0.2) is 42.6 Å². The number of halogens is 1. The molecule has 0 saturated carbocycles. The van der Waals surface area contributed by atoms with E-state index < -0.39 is 6.23 Å². The molecule has 0 aliphatic carbocycles. The van der Waals surface area contributed by atoms with Gasteiger partial charge in [0.2, 0.25) is 5.91 Å². The number of hydrogen-bond acceptors (Lipinski definition) is 7. The van der Waals surface area contributed by atoms with Gasteiger partial charge in [-0.1, -0.05) is 52.3 Å². The van der Waals surface area contributed by atoms with Crippen molar-refractivity contribution in [3.63, 3.8) is 0 Å². The van der Waals surface area contributed by atoms with Crippen molar-refractivity contribution in [2.45, 2.75) is 74.9 Å². The Balaban J connectivity index is 1.14. The number of piperidine rings is 1. The number of nitrogens with zero attached hydrogens (tertiary/aromatic N) is 2. The van der Waals surface area contributed by atoms with E-state index in [1.165, 1.54) is 23.3 Å². The maximum atomic E-state index is 15.3. The van der Waals surface area contributed by atoms with E-state index >= 15 is 4.39 Å². The van der Waals surface area contributed by atoms with E-state index in [9.17, 15) is 9.90 Å². The fourth-order valence-electron chi connectivity index (χ4n) is 5.35. The fraction of sp³-hybridized carbons (Fsp3) is 0.500. The standard InChI is InChI=1S/C28H36FN5O2S2/c29-23-15-18(11-12-25(23)34-17-19-5-3-8-22(28(30)36)27(19)33-34)24-9-4-6-20(32-24)16-31-26(35)10-2-1-7-21-13-14-37-38-21/h3,5,8,11-12,15,17,20-21,24,28,32,36H,1-2,4,6-7,9-10,13-14,16,30H2,(H,31,35). The maximum absolute atomic E-state index is 15.3. The third-order valence-corrected chi connectivity index (χ3v) is 10.4. The molecule has 2 aliphatic heterocycles. The van der Waals surface area contributed by atoms with Crippen molar-refractivity contribution < 1.29 is 14.3 Å². The summed E-state index contributed by atoms with van der Waals surface area (Å²) in [5.74, 6) is 1.01. The van der Waals surface area contributed by atoms with Gasteiger partial charge < -0.3 is 21.5 Å². The van der Waals surface area contributed by atoms with E-state index in [4.69, 9.17) is 5.73 Å². The van der Waals surface area contributed by atoms with Crippen molar-refractivity contribution in [1.29, 1.82) is 0 Å². The second-order valence-electron chi connectivity index (χ2n) is 10.2. The first-order chi connectivity index (χ1) is 18.5. The van der Waals surface area contributed by atoms with Crippen LogP contribution in [0, 0.1) is 5.82 Å². The summed E-state index contributed by atoms with van der Waals surface area (Å²) in [7, 11) is 3.96. The second kappa shape index (κ2) is 12.8.